The van der Waals surface area contributed by atoms with Crippen LogP contribution in [0, 0.1) is 5.92 Å². The summed E-state index contributed by atoms with van der Waals surface area (Å²) >= 11 is 0. The zero-order chi connectivity index (χ0) is 27.3. The van der Waals surface area contributed by atoms with Gasteiger partial charge >= 0.3 is 0 Å². The van der Waals surface area contributed by atoms with Gasteiger partial charge < -0.3 is 15.2 Å². The van der Waals surface area contributed by atoms with Crippen LogP contribution >= 0.6 is 0 Å². The highest BCUT2D eigenvalue weighted by atomic mass is 32.2. The third kappa shape index (κ3) is 6.21. The van der Waals surface area contributed by atoms with E-state index in [2.05, 4.69) is 5.32 Å². The fraction of sp³-hybridized carbons (Fsp3) is 0.360. The largest absolute Gasteiger partial charge is 0.481 e. The second-order valence-corrected chi connectivity index (χ2v) is 10.7. The summed E-state index contributed by atoms with van der Waals surface area (Å²) in [5.74, 6) is -2.70. The molecule has 2 aliphatic heterocycles. The number of nitrogens with one attached hydrogen (secondary N) is 1. The summed E-state index contributed by atoms with van der Waals surface area (Å²) in [6.45, 7) is 5.87. The van der Waals surface area contributed by atoms with E-state index in [1.165, 1.54) is 28.6 Å². The van der Waals surface area contributed by atoms with Crippen molar-refractivity contribution < 1.29 is 37.4 Å². The standard InChI is InChI=1S/C23H25N3O6S.C2H4O2/c1-15(2)20(26-22(28)18-5-3-4-6-19(18)23(26)29)21(27)24-16-7-9-17(10-8-16)33(30,31)25-11-13-32-14-12-25;1-2(3)4/h3-10,15,20H,11-14H2,1-2H3,(H,24,27);1H3,(H,3,4). The van der Waals surface area contributed by atoms with E-state index in [0.29, 0.717) is 18.9 Å². The predicted octanol–water partition coefficient (Wildman–Crippen LogP) is 2.06. The number of sulfonamides is 1. The number of morpholine rings is 1. The lowest BCUT2D eigenvalue weighted by atomic mass is 10.0. The molecule has 2 aliphatic rings. The van der Waals surface area contributed by atoms with Gasteiger partial charge in [-0.1, -0.05) is 26.0 Å². The van der Waals surface area contributed by atoms with Crippen LogP contribution < -0.4 is 5.32 Å². The Labute approximate surface area is 215 Å². The Morgan fingerprint density at radius 3 is 1.89 bits per heavy atom. The molecule has 0 radical (unpaired) electrons. The van der Waals surface area contributed by atoms with Crippen molar-refractivity contribution in [2.24, 2.45) is 5.92 Å². The number of carboxylic acid groups (broad SMARTS) is 1. The molecule has 2 aromatic rings. The number of imide groups is 1. The zero-order valence-corrected chi connectivity index (χ0v) is 21.5. The highest BCUT2D eigenvalue weighted by Crippen LogP contribution is 2.28. The molecule has 12 heteroatoms. The Morgan fingerprint density at radius 2 is 1.43 bits per heavy atom. The lowest BCUT2D eigenvalue weighted by molar-refractivity contribution is -0.134. The number of anilines is 1. The molecule has 0 aliphatic carbocycles. The number of rotatable bonds is 6. The minimum atomic E-state index is -3.65. The van der Waals surface area contributed by atoms with Crippen molar-refractivity contribution in [3.05, 3.63) is 59.7 Å². The summed E-state index contributed by atoms with van der Waals surface area (Å²) in [6, 6.07) is 11.3. The highest BCUT2D eigenvalue weighted by Gasteiger charge is 2.43. The number of nitrogens with zero attached hydrogens (tertiary/aromatic N) is 2. The fourth-order valence-corrected chi connectivity index (χ4v) is 5.45. The lowest BCUT2D eigenvalue weighted by Gasteiger charge is -2.28. The number of ether oxygens (including phenoxy) is 1. The van der Waals surface area contributed by atoms with Crippen LogP contribution in [0.5, 0.6) is 0 Å². The normalized spacial score (nSPS) is 16.6. The number of carbonyl (C=O) groups is 4. The van der Waals surface area contributed by atoms with E-state index in [9.17, 15) is 22.8 Å². The zero-order valence-electron chi connectivity index (χ0n) is 20.7. The van der Waals surface area contributed by atoms with Crippen molar-refractivity contribution in [3.8, 4) is 0 Å². The maximum absolute atomic E-state index is 13.1. The molecule has 4 rings (SSSR count). The Morgan fingerprint density at radius 1 is 0.946 bits per heavy atom. The average Bonchev–Trinajstić information content (AvgIpc) is 3.10. The second kappa shape index (κ2) is 11.6. The smallest absolute Gasteiger partial charge is 0.300 e. The molecule has 1 fully saturated rings. The van der Waals surface area contributed by atoms with Gasteiger partial charge in [0.1, 0.15) is 6.04 Å². The molecule has 37 heavy (non-hydrogen) atoms. The van der Waals surface area contributed by atoms with Crippen LogP contribution in [0.25, 0.3) is 0 Å². The van der Waals surface area contributed by atoms with Gasteiger partial charge in [0.25, 0.3) is 17.8 Å². The predicted molar refractivity (Wildman–Crippen MR) is 134 cm³/mol. The molecular formula is C25H29N3O8S. The molecule has 0 saturated carbocycles. The number of hydrogen-bond donors (Lipinski definition) is 2. The van der Waals surface area contributed by atoms with Crippen LogP contribution in [0.3, 0.4) is 0 Å². The summed E-state index contributed by atoms with van der Waals surface area (Å²) in [7, 11) is -3.65. The number of amides is 3. The number of benzene rings is 2. The third-order valence-electron chi connectivity index (χ3n) is 5.73. The van der Waals surface area contributed by atoms with Gasteiger partial charge in [0, 0.05) is 25.7 Å². The van der Waals surface area contributed by atoms with Gasteiger partial charge in [-0.15, -0.1) is 0 Å². The van der Waals surface area contributed by atoms with Gasteiger partial charge in [0.2, 0.25) is 15.9 Å². The Balaban J connectivity index is 0.000000886. The van der Waals surface area contributed by atoms with Crippen LogP contribution in [-0.4, -0.2) is 78.8 Å². The van der Waals surface area contributed by atoms with Crippen molar-refractivity contribution >= 4 is 39.4 Å². The van der Waals surface area contributed by atoms with E-state index in [1.807, 2.05) is 0 Å². The minimum absolute atomic E-state index is 0.114. The number of carbonyl (C=O) groups excluding carboxylic acids is 3. The van der Waals surface area contributed by atoms with Crippen molar-refractivity contribution in [2.75, 3.05) is 31.6 Å². The molecule has 0 spiro atoms. The van der Waals surface area contributed by atoms with Crippen LogP contribution in [-0.2, 0) is 24.3 Å². The molecule has 198 valence electrons. The molecule has 2 aromatic carbocycles. The van der Waals surface area contributed by atoms with Crippen LogP contribution in [0.2, 0.25) is 0 Å². The molecule has 0 aromatic heterocycles. The first kappa shape index (κ1) is 28.0. The summed E-state index contributed by atoms with van der Waals surface area (Å²) in [5.41, 5.74) is 0.917. The Hall–Kier alpha value is -3.61. The highest BCUT2D eigenvalue weighted by molar-refractivity contribution is 7.89. The van der Waals surface area contributed by atoms with E-state index in [1.54, 1.807) is 38.1 Å². The van der Waals surface area contributed by atoms with Crippen LogP contribution in [0.1, 0.15) is 41.5 Å². The minimum Gasteiger partial charge on any atom is -0.481 e. The lowest BCUT2D eigenvalue weighted by Crippen LogP contribution is -2.50. The summed E-state index contributed by atoms with van der Waals surface area (Å²) < 4.78 is 32.1. The van der Waals surface area contributed by atoms with E-state index in [0.717, 1.165) is 11.8 Å². The molecule has 1 atom stereocenters. The van der Waals surface area contributed by atoms with Gasteiger partial charge in [-0.2, -0.15) is 4.31 Å². The maximum Gasteiger partial charge on any atom is 0.300 e. The number of aliphatic carboxylic acids is 1. The van der Waals surface area contributed by atoms with E-state index in [4.69, 9.17) is 14.6 Å². The van der Waals surface area contributed by atoms with Gasteiger partial charge in [0.05, 0.1) is 29.2 Å². The Bertz CT molecular complexity index is 1250. The molecule has 3 amide bonds. The van der Waals surface area contributed by atoms with Crippen molar-refractivity contribution in [2.45, 2.75) is 31.7 Å². The first-order valence-corrected chi connectivity index (χ1v) is 13.0. The van der Waals surface area contributed by atoms with E-state index >= 15 is 0 Å². The first-order chi connectivity index (χ1) is 17.4. The molecular weight excluding hydrogens is 502 g/mol. The van der Waals surface area contributed by atoms with Gasteiger partial charge in [-0.05, 0) is 42.3 Å². The van der Waals surface area contributed by atoms with Crippen molar-refractivity contribution in [1.29, 1.82) is 0 Å². The molecule has 1 unspecified atom stereocenters. The second-order valence-electron chi connectivity index (χ2n) is 8.76. The topological polar surface area (TPSA) is 150 Å². The van der Waals surface area contributed by atoms with Crippen LogP contribution in [0.15, 0.2) is 53.4 Å². The van der Waals surface area contributed by atoms with E-state index in [-0.39, 0.29) is 35.0 Å². The number of fused-ring (bicyclic) bond motifs is 1. The van der Waals surface area contributed by atoms with Crippen molar-refractivity contribution in [3.63, 3.8) is 0 Å². The summed E-state index contributed by atoms with van der Waals surface area (Å²) in [5, 5.41) is 10.1. The third-order valence-corrected chi connectivity index (χ3v) is 7.65. The summed E-state index contributed by atoms with van der Waals surface area (Å²) in [6.07, 6.45) is 0. The molecule has 11 nitrogen and oxygen atoms in total. The SMILES string of the molecule is CC(=O)O.CC(C)C(C(=O)Nc1ccc(S(=O)(=O)N2CCOCC2)cc1)N1C(=O)c2ccccc2C1=O. The van der Waals surface area contributed by atoms with Gasteiger partial charge in [0.15, 0.2) is 0 Å². The number of carboxylic acids is 1. The summed E-state index contributed by atoms with van der Waals surface area (Å²) in [4.78, 5) is 49.0. The van der Waals surface area contributed by atoms with Gasteiger partial charge in [-0.25, -0.2) is 8.42 Å². The van der Waals surface area contributed by atoms with Gasteiger partial charge in [-0.3, -0.25) is 24.1 Å². The Kier molecular flexibility index (Phi) is 8.79. The monoisotopic (exact) mass is 531 g/mol. The number of hydrogen-bond acceptors (Lipinski definition) is 7. The maximum atomic E-state index is 13.1. The quantitative estimate of drug-likeness (QED) is 0.538. The fourth-order valence-electron chi connectivity index (χ4n) is 4.04. The van der Waals surface area contributed by atoms with Crippen molar-refractivity contribution in [1.82, 2.24) is 9.21 Å². The first-order valence-electron chi connectivity index (χ1n) is 11.6. The molecule has 2 heterocycles. The molecule has 0 bridgehead atoms. The van der Waals surface area contributed by atoms with E-state index < -0.39 is 39.8 Å². The average molecular weight is 532 g/mol. The molecule has 1 saturated heterocycles. The molecule has 2 N–H and O–H groups in total. The van der Waals surface area contributed by atoms with Crippen LogP contribution in [0.4, 0.5) is 5.69 Å².